The lowest BCUT2D eigenvalue weighted by atomic mass is 10.1. The number of aromatic nitrogens is 5. The van der Waals surface area contributed by atoms with Crippen LogP contribution in [0.3, 0.4) is 0 Å². The van der Waals surface area contributed by atoms with Crippen LogP contribution in [0, 0.1) is 6.92 Å². The number of nitrogens with zero attached hydrogens (tertiary/aromatic N) is 5. The Labute approximate surface area is 211 Å². The molecule has 0 aliphatic carbocycles. The molecule has 0 amide bonds. The lowest BCUT2D eigenvalue weighted by molar-refractivity contribution is -0.189. The van der Waals surface area contributed by atoms with Crippen molar-refractivity contribution >= 4 is 23.2 Å². The van der Waals surface area contributed by atoms with Gasteiger partial charge in [-0.15, -0.1) is 0 Å². The Morgan fingerprint density at radius 1 is 1.20 bits per heavy atom. The second-order valence-electron chi connectivity index (χ2n) is 8.26. The van der Waals surface area contributed by atoms with Gasteiger partial charge in [-0.3, -0.25) is 0 Å². The highest BCUT2D eigenvalue weighted by Crippen LogP contribution is 2.40. The van der Waals surface area contributed by atoms with Crippen LogP contribution in [0.1, 0.15) is 11.4 Å². The first kappa shape index (κ1) is 23.6. The summed E-state index contributed by atoms with van der Waals surface area (Å²) in [5, 5.41) is 5.14. The maximum Gasteiger partial charge on any atom is 0.350 e. The van der Waals surface area contributed by atoms with Crippen molar-refractivity contribution in [1.82, 2.24) is 23.9 Å². The summed E-state index contributed by atoms with van der Waals surface area (Å²) in [6, 6.07) is 12.5. The molecule has 0 bridgehead atoms. The summed E-state index contributed by atoms with van der Waals surface area (Å²) < 4.78 is 23.3. The lowest BCUT2D eigenvalue weighted by Crippen LogP contribution is -2.34. The average Bonchev–Trinajstić information content (AvgIpc) is 3.54. The van der Waals surface area contributed by atoms with E-state index in [0.717, 1.165) is 0 Å². The fourth-order valence-electron chi connectivity index (χ4n) is 4.14. The first-order chi connectivity index (χ1) is 16.8. The first-order valence-corrected chi connectivity index (χ1v) is 11.7. The molecular formula is C24H23Cl2N5O4. The predicted molar refractivity (Wildman–Crippen MR) is 130 cm³/mol. The van der Waals surface area contributed by atoms with Crippen LogP contribution in [0.5, 0.6) is 5.75 Å². The number of rotatable bonds is 7. The minimum absolute atomic E-state index is 0.206. The third-order valence-electron chi connectivity index (χ3n) is 5.77. The van der Waals surface area contributed by atoms with E-state index < -0.39 is 5.79 Å². The highest BCUT2D eigenvalue weighted by molar-refractivity contribution is 6.35. The Bertz CT molecular complexity index is 1380. The third kappa shape index (κ3) is 4.72. The van der Waals surface area contributed by atoms with Crippen molar-refractivity contribution in [3.63, 3.8) is 0 Å². The van der Waals surface area contributed by atoms with Crippen molar-refractivity contribution in [2.75, 3.05) is 13.2 Å². The number of aryl methyl sites for hydroxylation is 2. The van der Waals surface area contributed by atoms with E-state index in [1.54, 1.807) is 50.8 Å². The molecule has 5 rings (SSSR count). The Balaban J connectivity index is 1.30. The molecule has 9 nitrogen and oxygen atoms in total. The van der Waals surface area contributed by atoms with E-state index in [1.807, 2.05) is 29.0 Å². The van der Waals surface area contributed by atoms with Gasteiger partial charge >= 0.3 is 5.69 Å². The van der Waals surface area contributed by atoms with Gasteiger partial charge in [-0.1, -0.05) is 29.3 Å². The van der Waals surface area contributed by atoms with E-state index in [1.165, 1.54) is 9.25 Å². The zero-order chi connectivity index (χ0) is 24.6. The van der Waals surface area contributed by atoms with Gasteiger partial charge in [-0.25, -0.2) is 19.0 Å². The van der Waals surface area contributed by atoms with Gasteiger partial charge in [-0.05, 0) is 43.3 Å². The molecule has 182 valence electrons. The largest absolute Gasteiger partial charge is 0.491 e. The van der Waals surface area contributed by atoms with Crippen molar-refractivity contribution in [1.29, 1.82) is 0 Å². The summed E-state index contributed by atoms with van der Waals surface area (Å²) in [6.07, 6.45) is 4.88. The van der Waals surface area contributed by atoms with E-state index in [9.17, 15) is 4.79 Å². The maximum absolute atomic E-state index is 12.3. The van der Waals surface area contributed by atoms with Crippen LogP contribution in [0.25, 0.3) is 5.69 Å². The highest BCUT2D eigenvalue weighted by atomic mass is 35.5. The molecular weight excluding hydrogens is 493 g/mol. The van der Waals surface area contributed by atoms with Gasteiger partial charge in [0.15, 0.2) is 0 Å². The molecule has 1 saturated heterocycles. The highest BCUT2D eigenvalue weighted by Gasteiger charge is 2.45. The average molecular weight is 516 g/mol. The molecule has 0 N–H and O–H groups in total. The number of hydrogen-bond acceptors (Lipinski definition) is 6. The third-order valence-corrected chi connectivity index (χ3v) is 6.32. The quantitative estimate of drug-likeness (QED) is 0.372. The number of benzene rings is 2. The Kier molecular flexibility index (Phi) is 6.41. The second kappa shape index (κ2) is 9.50. The van der Waals surface area contributed by atoms with E-state index in [4.69, 9.17) is 37.4 Å². The number of halogens is 2. The Morgan fingerprint density at radius 2 is 2.00 bits per heavy atom. The number of ether oxygens (including phenoxy) is 3. The minimum Gasteiger partial charge on any atom is -0.491 e. The van der Waals surface area contributed by atoms with Crippen LogP contribution in [-0.4, -0.2) is 43.2 Å². The van der Waals surface area contributed by atoms with Gasteiger partial charge in [0.05, 0.1) is 30.2 Å². The Morgan fingerprint density at radius 3 is 2.66 bits per heavy atom. The zero-order valence-corrected chi connectivity index (χ0v) is 20.6. The molecule has 0 unspecified atom stereocenters. The van der Waals surface area contributed by atoms with E-state index in [2.05, 4.69) is 10.1 Å². The summed E-state index contributed by atoms with van der Waals surface area (Å²) in [7, 11) is 1.62. The van der Waals surface area contributed by atoms with Crippen LogP contribution in [0.2, 0.25) is 10.0 Å². The van der Waals surface area contributed by atoms with Crippen molar-refractivity contribution in [2.24, 2.45) is 7.05 Å². The lowest BCUT2D eigenvalue weighted by Gasteiger charge is -2.30. The molecule has 1 fully saturated rings. The van der Waals surface area contributed by atoms with Gasteiger partial charge in [0, 0.05) is 30.0 Å². The molecule has 2 aromatic carbocycles. The molecule has 11 heteroatoms. The predicted octanol–water partition coefficient (Wildman–Crippen LogP) is 3.73. The fourth-order valence-corrected chi connectivity index (χ4v) is 4.69. The maximum atomic E-state index is 12.3. The molecule has 0 saturated carbocycles. The van der Waals surface area contributed by atoms with Crippen molar-refractivity contribution in [2.45, 2.75) is 25.4 Å². The summed E-state index contributed by atoms with van der Waals surface area (Å²) >= 11 is 12.6. The van der Waals surface area contributed by atoms with Crippen LogP contribution >= 0.6 is 23.2 Å². The fraction of sp³-hybridized carbons (Fsp3) is 0.292. The normalized spacial score (nSPS) is 19.8. The Hall–Kier alpha value is -3.11. The van der Waals surface area contributed by atoms with E-state index in [0.29, 0.717) is 46.0 Å². The summed E-state index contributed by atoms with van der Waals surface area (Å²) in [5.74, 6) is 0.139. The molecule has 3 heterocycles. The molecule has 4 aromatic rings. The number of hydrogen-bond donors (Lipinski definition) is 0. The first-order valence-electron chi connectivity index (χ1n) is 10.9. The van der Waals surface area contributed by atoms with Crippen molar-refractivity contribution in [3.8, 4) is 11.4 Å². The topological polar surface area (TPSA) is 85.3 Å². The molecule has 0 spiro atoms. The van der Waals surface area contributed by atoms with Crippen LogP contribution in [0.4, 0.5) is 0 Å². The molecule has 1 aliphatic rings. The van der Waals surface area contributed by atoms with E-state index in [-0.39, 0.29) is 18.4 Å². The molecule has 2 atom stereocenters. The smallest absolute Gasteiger partial charge is 0.350 e. The molecule has 0 radical (unpaired) electrons. The van der Waals surface area contributed by atoms with Gasteiger partial charge in [0.1, 0.15) is 24.3 Å². The van der Waals surface area contributed by atoms with E-state index >= 15 is 0 Å². The monoisotopic (exact) mass is 515 g/mol. The summed E-state index contributed by atoms with van der Waals surface area (Å²) in [4.78, 5) is 16.4. The molecule has 2 aromatic heterocycles. The molecule has 1 aliphatic heterocycles. The van der Waals surface area contributed by atoms with Crippen LogP contribution < -0.4 is 10.4 Å². The van der Waals surface area contributed by atoms with Gasteiger partial charge < -0.3 is 18.8 Å². The van der Waals surface area contributed by atoms with Crippen LogP contribution in [0.15, 0.2) is 66.0 Å². The zero-order valence-electron chi connectivity index (χ0n) is 19.1. The van der Waals surface area contributed by atoms with Gasteiger partial charge in [0.2, 0.25) is 5.79 Å². The standard InChI is InChI=1S/C24H23Cl2N5O4/c1-16-28-29(2)23(32)31(16)18-4-6-19(7-5-18)33-12-20-13-34-24(35-20,14-30-10-9-27-15-30)21-8-3-17(25)11-22(21)26/h3-11,15,20H,12-14H2,1-2H3/t20-,24-/m1/s1. The SMILES string of the molecule is Cc1nn(C)c(=O)n1-c1ccc(OC[C@@H]2CO[C@@](Cn3ccnc3)(c3ccc(Cl)cc3Cl)O2)cc1. The second-order valence-corrected chi connectivity index (χ2v) is 9.10. The van der Waals surface area contributed by atoms with Gasteiger partial charge in [0.25, 0.3) is 0 Å². The van der Waals surface area contributed by atoms with Gasteiger partial charge in [-0.2, -0.15) is 5.10 Å². The molecule has 35 heavy (non-hydrogen) atoms. The van der Waals surface area contributed by atoms with Crippen LogP contribution in [-0.2, 0) is 28.9 Å². The summed E-state index contributed by atoms with van der Waals surface area (Å²) in [5.41, 5.74) is 1.19. The van der Waals surface area contributed by atoms with Crippen molar-refractivity contribution < 1.29 is 14.2 Å². The summed E-state index contributed by atoms with van der Waals surface area (Å²) in [6.45, 7) is 2.73. The van der Waals surface area contributed by atoms with Crippen molar-refractivity contribution in [3.05, 3.63) is 93.1 Å². The number of imidazole rings is 1. The minimum atomic E-state index is -1.11.